The van der Waals surface area contributed by atoms with Crippen molar-refractivity contribution in [2.45, 2.75) is 64.6 Å². The lowest BCUT2D eigenvalue weighted by atomic mass is 10.0. The summed E-state index contributed by atoms with van der Waals surface area (Å²) in [5, 5.41) is 4.57. The second-order valence-corrected chi connectivity index (χ2v) is 12.4. The molecule has 210 valence electrons. The summed E-state index contributed by atoms with van der Waals surface area (Å²) in [7, 11) is 0. The Morgan fingerprint density at radius 2 is 1.93 bits per heavy atom. The number of rotatable bonds is 7. The second-order valence-electron chi connectivity index (χ2n) is 11.3. The van der Waals surface area contributed by atoms with Gasteiger partial charge in [-0.2, -0.15) is 0 Å². The fourth-order valence-corrected chi connectivity index (χ4v) is 7.73. The molecular formula is C32H34N6O2S. The molecule has 1 N–H and O–H groups in total. The van der Waals surface area contributed by atoms with Gasteiger partial charge in [-0.3, -0.25) is 14.7 Å². The number of benzene rings is 1. The molecule has 2 fully saturated rings. The molecule has 3 aliphatic rings. The van der Waals surface area contributed by atoms with Crippen molar-refractivity contribution in [2.75, 3.05) is 18.4 Å². The molecule has 3 aliphatic heterocycles. The number of anilines is 2. The van der Waals surface area contributed by atoms with E-state index < -0.39 is 0 Å². The third-order valence-corrected chi connectivity index (χ3v) is 9.80. The van der Waals surface area contributed by atoms with E-state index in [0.717, 1.165) is 63.8 Å². The molecule has 7 rings (SSSR count). The molecule has 6 heterocycles. The summed E-state index contributed by atoms with van der Waals surface area (Å²) >= 11 is 1.66. The van der Waals surface area contributed by atoms with Crippen LogP contribution in [0.15, 0.2) is 55.0 Å². The Hall–Kier alpha value is -3.82. The van der Waals surface area contributed by atoms with Crippen LogP contribution >= 0.6 is 11.3 Å². The molecule has 1 amide bonds. The van der Waals surface area contributed by atoms with Gasteiger partial charge in [0, 0.05) is 47.5 Å². The van der Waals surface area contributed by atoms with E-state index in [0.29, 0.717) is 18.8 Å². The van der Waals surface area contributed by atoms with Crippen molar-refractivity contribution in [3.63, 3.8) is 0 Å². The summed E-state index contributed by atoms with van der Waals surface area (Å²) in [5.41, 5.74) is 4.14. The lowest BCUT2D eigenvalue weighted by molar-refractivity contribution is -0.126. The van der Waals surface area contributed by atoms with Gasteiger partial charge in [0.15, 0.2) is 0 Å². The molecule has 0 unspecified atom stereocenters. The van der Waals surface area contributed by atoms with Crippen LogP contribution in [0.4, 0.5) is 11.5 Å². The third-order valence-electron chi connectivity index (χ3n) is 8.68. The number of hydrogen-bond acceptors (Lipinski definition) is 8. The minimum absolute atomic E-state index is 0.100. The summed E-state index contributed by atoms with van der Waals surface area (Å²) in [6.07, 6.45) is 13.3. The van der Waals surface area contributed by atoms with E-state index in [9.17, 15) is 4.79 Å². The lowest BCUT2D eigenvalue weighted by Crippen LogP contribution is -2.34. The fourth-order valence-electron chi connectivity index (χ4n) is 6.53. The van der Waals surface area contributed by atoms with Crippen LogP contribution in [0.5, 0.6) is 11.5 Å². The molecule has 9 heteroatoms. The largest absolute Gasteiger partial charge is 0.455 e. The molecule has 0 spiro atoms. The highest BCUT2D eigenvalue weighted by Gasteiger charge is 2.38. The fraction of sp³-hybridized carbons (Fsp3) is 0.375. The molecule has 4 aromatic rings. The van der Waals surface area contributed by atoms with E-state index in [2.05, 4.69) is 37.3 Å². The van der Waals surface area contributed by atoms with Crippen molar-refractivity contribution in [1.82, 2.24) is 24.8 Å². The Morgan fingerprint density at radius 1 is 1.10 bits per heavy atom. The number of nitrogens with zero attached hydrogens (tertiary/aromatic N) is 5. The Kier molecular flexibility index (Phi) is 6.92. The highest BCUT2D eigenvalue weighted by molar-refractivity contribution is 7.19. The van der Waals surface area contributed by atoms with E-state index in [1.54, 1.807) is 29.9 Å². The van der Waals surface area contributed by atoms with Crippen LogP contribution < -0.4 is 10.1 Å². The zero-order chi connectivity index (χ0) is 27.9. The van der Waals surface area contributed by atoms with Crippen LogP contribution in [0, 0.1) is 13.8 Å². The van der Waals surface area contributed by atoms with Crippen molar-refractivity contribution in [2.24, 2.45) is 0 Å². The number of thiophene rings is 1. The van der Waals surface area contributed by atoms with Crippen LogP contribution in [-0.2, 0) is 17.8 Å². The molecule has 2 saturated heterocycles. The van der Waals surface area contributed by atoms with Crippen LogP contribution in [-0.4, -0.2) is 55.8 Å². The minimum atomic E-state index is 0.100. The zero-order valence-corrected chi connectivity index (χ0v) is 24.3. The van der Waals surface area contributed by atoms with Gasteiger partial charge >= 0.3 is 0 Å². The first-order chi connectivity index (χ1) is 20.0. The second kappa shape index (κ2) is 10.9. The molecular weight excluding hydrogens is 532 g/mol. The van der Waals surface area contributed by atoms with Gasteiger partial charge < -0.3 is 15.0 Å². The smallest absolute Gasteiger partial charge is 0.246 e. The van der Waals surface area contributed by atoms with Gasteiger partial charge in [0.05, 0.1) is 18.1 Å². The number of fused-ring (bicyclic) bond motifs is 5. The highest BCUT2D eigenvalue weighted by Crippen LogP contribution is 2.39. The van der Waals surface area contributed by atoms with Crippen molar-refractivity contribution in [1.29, 1.82) is 0 Å². The Balaban J connectivity index is 1.04. The van der Waals surface area contributed by atoms with Crippen LogP contribution in [0.25, 0.3) is 10.2 Å². The lowest BCUT2D eigenvalue weighted by Gasteiger charge is -2.26. The first kappa shape index (κ1) is 26.1. The summed E-state index contributed by atoms with van der Waals surface area (Å²) in [4.78, 5) is 33.2. The van der Waals surface area contributed by atoms with Crippen molar-refractivity contribution < 1.29 is 9.53 Å². The summed E-state index contributed by atoms with van der Waals surface area (Å²) < 4.78 is 6.04. The maximum Gasteiger partial charge on any atom is 0.246 e. The van der Waals surface area contributed by atoms with Gasteiger partial charge in [-0.25, -0.2) is 9.97 Å². The van der Waals surface area contributed by atoms with E-state index in [-0.39, 0.29) is 5.91 Å². The molecule has 41 heavy (non-hydrogen) atoms. The molecule has 3 aromatic heterocycles. The van der Waals surface area contributed by atoms with Crippen LogP contribution in [0.1, 0.15) is 47.4 Å². The quantitative estimate of drug-likeness (QED) is 0.263. The summed E-state index contributed by atoms with van der Waals surface area (Å²) in [6.45, 7) is 6.19. The third kappa shape index (κ3) is 5.20. The monoisotopic (exact) mass is 566 g/mol. The van der Waals surface area contributed by atoms with Gasteiger partial charge in [0.2, 0.25) is 5.91 Å². The average Bonchev–Trinajstić information content (AvgIpc) is 3.67. The summed E-state index contributed by atoms with van der Waals surface area (Å²) in [6, 6.07) is 11.3. The normalized spacial score (nSPS) is 20.2. The van der Waals surface area contributed by atoms with E-state index >= 15 is 0 Å². The molecule has 0 saturated carbocycles. The predicted molar refractivity (Wildman–Crippen MR) is 162 cm³/mol. The van der Waals surface area contributed by atoms with E-state index in [4.69, 9.17) is 4.74 Å². The predicted octanol–water partition coefficient (Wildman–Crippen LogP) is 6.31. The van der Waals surface area contributed by atoms with Gasteiger partial charge in [-0.05, 0) is 87.4 Å². The first-order valence-corrected chi connectivity index (χ1v) is 15.3. The number of hydrogen-bond donors (Lipinski definition) is 1. The standard InChI is InChI=1S/C32H34N6O2S/c1-20-16-22(6-12-27(20)40-25-11-5-21(2)33-17-25)36-31-30-26-13-15-37(18-28(26)41-32(30)35-19-34-31)29(39)4-3-14-38-23-7-8-24(38)10-9-23/h3-6,11-12,16-17,19,23-24H,7-10,13-15,18H2,1-2H3,(H,34,35,36)/b4-3+. The molecule has 8 nitrogen and oxygen atoms in total. The number of carbonyl (C=O) groups is 1. The molecule has 0 atom stereocenters. The molecule has 2 bridgehead atoms. The number of ether oxygens (including phenoxy) is 1. The number of pyridine rings is 1. The van der Waals surface area contributed by atoms with E-state index in [1.807, 2.05) is 43.0 Å². The average molecular weight is 567 g/mol. The van der Waals surface area contributed by atoms with Gasteiger partial charge in [-0.15, -0.1) is 11.3 Å². The van der Waals surface area contributed by atoms with Crippen molar-refractivity contribution >= 4 is 39.0 Å². The zero-order valence-electron chi connectivity index (χ0n) is 23.5. The maximum atomic E-state index is 13.0. The molecule has 0 radical (unpaired) electrons. The molecule has 1 aromatic carbocycles. The first-order valence-electron chi connectivity index (χ1n) is 14.5. The van der Waals surface area contributed by atoms with Crippen LogP contribution in [0.2, 0.25) is 0 Å². The highest BCUT2D eigenvalue weighted by atomic mass is 32.1. The number of aromatic nitrogens is 3. The van der Waals surface area contributed by atoms with Crippen molar-refractivity contribution in [3.8, 4) is 11.5 Å². The Morgan fingerprint density at radius 3 is 2.68 bits per heavy atom. The number of carbonyl (C=O) groups excluding carboxylic acids is 1. The number of aryl methyl sites for hydroxylation is 2. The SMILES string of the molecule is Cc1ccc(Oc2ccc(Nc3ncnc4sc5c(c34)CCN(C(=O)/C=C/CN3C4CCC3CC4)C5)cc2C)cn1. The van der Waals surface area contributed by atoms with Crippen LogP contribution in [0.3, 0.4) is 0 Å². The van der Waals surface area contributed by atoms with Gasteiger partial charge in [-0.1, -0.05) is 6.08 Å². The Bertz CT molecular complexity index is 1610. The minimum Gasteiger partial charge on any atom is -0.455 e. The van der Waals surface area contributed by atoms with Crippen molar-refractivity contribution in [3.05, 3.63) is 76.7 Å². The molecule has 0 aliphatic carbocycles. The van der Waals surface area contributed by atoms with Gasteiger partial charge in [0.25, 0.3) is 0 Å². The van der Waals surface area contributed by atoms with Gasteiger partial charge in [0.1, 0.15) is 28.5 Å². The topological polar surface area (TPSA) is 83.5 Å². The number of amides is 1. The maximum absolute atomic E-state index is 13.0. The number of nitrogens with one attached hydrogen (secondary N) is 1. The van der Waals surface area contributed by atoms with E-state index in [1.165, 1.54) is 36.1 Å². The summed E-state index contributed by atoms with van der Waals surface area (Å²) in [5.74, 6) is 2.39. The Labute approximate surface area is 244 Å².